The Bertz CT molecular complexity index is 33.9. The van der Waals surface area contributed by atoms with Crippen LogP contribution in [0.2, 0.25) is 10.6 Å². The van der Waals surface area contributed by atoms with Gasteiger partial charge in [-0.1, -0.05) is 0 Å². The van der Waals surface area contributed by atoms with Gasteiger partial charge in [0.2, 0.25) is 0 Å². The van der Waals surface area contributed by atoms with E-state index in [-0.39, 0.29) is 0 Å². The molecule has 0 saturated carbocycles. The quantitative estimate of drug-likeness (QED) is 0.461. The van der Waals surface area contributed by atoms with Crippen molar-refractivity contribution >= 4 is 15.0 Å². The van der Waals surface area contributed by atoms with Crippen molar-refractivity contribution in [2.45, 2.75) is 16.7 Å². The summed E-state index contributed by atoms with van der Waals surface area (Å²) in [5, 5.41) is 2.65. The topological polar surface area (TPSA) is 26.0 Å². The Morgan fingerprint density at radius 1 is 1.60 bits per heavy atom. The van der Waals surface area contributed by atoms with Gasteiger partial charge < -0.3 is 0 Å². The fourth-order valence-electron chi connectivity index (χ4n) is 0.254. The van der Waals surface area contributed by atoms with Crippen LogP contribution in [0.1, 0.15) is 0 Å². The van der Waals surface area contributed by atoms with Gasteiger partial charge in [0.05, 0.1) is 0 Å². The van der Waals surface area contributed by atoms with E-state index in [0.717, 1.165) is 15.0 Å². The molecule has 30 valence electrons. The maximum atomic E-state index is 5.39. The third-order valence-corrected chi connectivity index (χ3v) is 3.45. The van der Waals surface area contributed by atoms with Gasteiger partial charge in [0.15, 0.2) is 0 Å². The summed E-state index contributed by atoms with van der Waals surface area (Å²) < 4.78 is 0. The average Bonchev–Trinajstić information content (AvgIpc) is 1.30. The molecule has 1 saturated heterocycles. The van der Waals surface area contributed by atoms with Gasteiger partial charge in [-0.2, -0.15) is 0 Å². The molecule has 0 atom stereocenters. The zero-order chi connectivity index (χ0) is 3.70. The summed E-state index contributed by atoms with van der Waals surface area (Å²) >= 11 is 0.944. The third kappa shape index (κ3) is 0.656. The molecule has 0 spiro atoms. The summed E-state index contributed by atoms with van der Waals surface area (Å²) in [4.78, 5) is 0. The van der Waals surface area contributed by atoms with Crippen molar-refractivity contribution < 1.29 is 0 Å². The van der Waals surface area contributed by atoms with E-state index >= 15 is 0 Å². The Balaban J connectivity index is 2.08. The van der Waals surface area contributed by atoms with E-state index in [4.69, 9.17) is 5.73 Å². The third-order valence-electron chi connectivity index (χ3n) is 0.664. The van der Waals surface area contributed by atoms with E-state index in [2.05, 4.69) is 0 Å². The number of hydrogen-bond donors (Lipinski definition) is 1. The molecule has 1 rings (SSSR count). The summed E-state index contributed by atoms with van der Waals surface area (Å²) in [7, 11) is 0. The molecule has 0 unspecified atom stereocenters. The molecule has 1 heterocycles. The first-order chi connectivity index (χ1) is 2.39. The molecule has 1 nitrogen and oxygen atoms in total. The van der Waals surface area contributed by atoms with Crippen molar-refractivity contribution in [3.05, 3.63) is 0 Å². The molecule has 0 amide bonds. The van der Waals surface area contributed by atoms with Crippen molar-refractivity contribution in [3.8, 4) is 0 Å². The van der Waals surface area contributed by atoms with Crippen LogP contribution in [0.25, 0.3) is 0 Å². The van der Waals surface area contributed by atoms with Gasteiger partial charge >= 0.3 is 37.4 Å². The summed E-state index contributed by atoms with van der Waals surface area (Å²) in [5.41, 5.74) is 5.39. The van der Waals surface area contributed by atoms with Crippen molar-refractivity contribution in [3.63, 3.8) is 0 Å². The molecule has 2 N–H and O–H groups in total. The molecule has 1 aliphatic heterocycles. The van der Waals surface area contributed by atoms with Crippen molar-refractivity contribution in [1.82, 2.24) is 0 Å². The number of nitrogens with two attached hydrogens (primary N) is 1. The van der Waals surface area contributed by atoms with Crippen LogP contribution < -0.4 is 5.73 Å². The fraction of sp³-hybridized carbons (Fsp3) is 1.00. The second-order valence-corrected chi connectivity index (χ2v) is 3.55. The molecule has 0 aromatic carbocycles. The number of hydrogen-bond acceptors (Lipinski definition) is 1. The van der Waals surface area contributed by atoms with Gasteiger partial charge in [-0.15, -0.1) is 0 Å². The standard InChI is InChI=1S/C3H7NSe/c4-3-1-5-2-3/h3H,1-2,4H2. The molecule has 0 radical (unpaired) electrons. The predicted molar refractivity (Wildman–Crippen MR) is 23.3 cm³/mol. The van der Waals surface area contributed by atoms with E-state index in [0.29, 0.717) is 6.04 Å². The minimum absolute atomic E-state index is 0.593. The second kappa shape index (κ2) is 1.29. The first kappa shape index (κ1) is 3.66. The molecule has 2 heteroatoms. The van der Waals surface area contributed by atoms with Crippen LogP contribution in [0.3, 0.4) is 0 Å². The maximum absolute atomic E-state index is 5.39. The van der Waals surface area contributed by atoms with Crippen LogP contribution in [0.4, 0.5) is 0 Å². The Morgan fingerprint density at radius 2 is 2.00 bits per heavy atom. The second-order valence-electron chi connectivity index (χ2n) is 1.30. The van der Waals surface area contributed by atoms with E-state index in [1.807, 2.05) is 0 Å². The molecule has 0 aromatic rings. The fourth-order valence-corrected chi connectivity index (χ4v) is 1.32. The Morgan fingerprint density at radius 3 is 2.00 bits per heavy atom. The van der Waals surface area contributed by atoms with Crippen LogP contribution in [0.15, 0.2) is 0 Å². The number of rotatable bonds is 0. The first-order valence-corrected chi connectivity index (χ1v) is 4.15. The zero-order valence-corrected chi connectivity index (χ0v) is 4.69. The van der Waals surface area contributed by atoms with Crippen molar-refractivity contribution in [2.24, 2.45) is 5.73 Å². The van der Waals surface area contributed by atoms with Crippen LogP contribution in [-0.4, -0.2) is 21.0 Å². The summed E-state index contributed by atoms with van der Waals surface area (Å²) in [6, 6.07) is 0.593. The molecule has 1 fully saturated rings. The summed E-state index contributed by atoms with van der Waals surface area (Å²) in [6.07, 6.45) is 0. The summed E-state index contributed by atoms with van der Waals surface area (Å²) in [5.74, 6) is 0. The Labute approximate surface area is 38.1 Å². The van der Waals surface area contributed by atoms with Gasteiger partial charge in [-0.25, -0.2) is 0 Å². The first-order valence-electron chi connectivity index (χ1n) is 1.73. The summed E-state index contributed by atoms with van der Waals surface area (Å²) in [6.45, 7) is 0. The van der Waals surface area contributed by atoms with E-state index in [1.54, 1.807) is 0 Å². The normalized spacial score (nSPS) is 25.8. The minimum atomic E-state index is 0.593. The molecule has 0 aromatic heterocycles. The van der Waals surface area contributed by atoms with E-state index in [1.165, 1.54) is 10.6 Å². The van der Waals surface area contributed by atoms with Gasteiger partial charge in [0.1, 0.15) is 0 Å². The van der Waals surface area contributed by atoms with Gasteiger partial charge in [-0.3, -0.25) is 0 Å². The molecule has 1 aliphatic rings. The molecule has 0 aliphatic carbocycles. The van der Waals surface area contributed by atoms with Gasteiger partial charge in [0, 0.05) is 0 Å². The van der Waals surface area contributed by atoms with E-state index in [9.17, 15) is 0 Å². The molecular formula is C3H7NSe. The SMILES string of the molecule is NC1C[Se]C1. The van der Waals surface area contributed by atoms with Crippen molar-refractivity contribution in [1.29, 1.82) is 0 Å². The molecule has 5 heavy (non-hydrogen) atoms. The molecular weight excluding hydrogens is 129 g/mol. The van der Waals surface area contributed by atoms with Crippen LogP contribution >= 0.6 is 0 Å². The Hall–Kier alpha value is 0.479. The van der Waals surface area contributed by atoms with Gasteiger partial charge in [-0.05, 0) is 0 Å². The van der Waals surface area contributed by atoms with Gasteiger partial charge in [0.25, 0.3) is 0 Å². The predicted octanol–water partition coefficient (Wildman–Crippen LogP) is -0.132. The van der Waals surface area contributed by atoms with Crippen LogP contribution in [-0.2, 0) is 0 Å². The van der Waals surface area contributed by atoms with Crippen molar-refractivity contribution in [2.75, 3.05) is 0 Å². The molecule has 0 bridgehead atoms. The van der Waals surface area contributed by atoms with Crippen LogP contribution in [0.5, 0.6) is 0 Å². The average molecular weight is 136 g/mol. The van der Waals surface area contributed by atoms with Crippen LogP contribution in [0, 0.1) is 0 Å². The Kier molecular flexibility index (Phi) is 0.946. The van der Waals surface area contributed by atoms with E-state index < -0.39 is 0 Å². The zero-order valence-electron chi connectivity index (χ0n) is 2.98. The monoisotopic (exact) mass is 137 g/mol.